The van der Waals surface area contributed by atoms with Crippen molar-refractivity contribution in [3.05, 3.63) is 34.9 Å². The number of fused-ring (bicyclic) bond motifs is 1. The number of aromatic amines is 1. The van der Waals surface area contributed by atoms with Crippen LogP contribution in [0.3, 0.4) is 0 Å². The Morgan fingerprint density at radius 3 is 3.20 bits per heavy atom. The summed E-state index contributed by atoms with van der Waals surface area (Å²) in [5, 5.41) is 1.13. The van der Waals surface area contributed by atoms with Crippen molar-refractivity contribution in [1.82, 2.24) is 4.98 Å². The van der Waals surface area contributed by atoms with Crippen LogP contribution in [-0.2, 0) is 0 Å². The molecule has 1 aromatic carbocycles. The third kappa shape index (κ3) is 0.847. The van der Waals surface area contributed by atoms with Crippen molar-refractivity contribution < 1.29 is 0 Å². The van der Waals surface area contributed by atoms with Gasteiger partial charge in [-0.05, 0) is 12.1 Å². The summed E-state index contributed by atoms with van der Waals surface area (Å²) < 4.78 is 1.09. The molecular formula is C8H5BrN. The fourth-order valence-corrected chi connectivity index (χ4v) is 1.31. The van der Waals surface area contributed by atoms with Gasteiger partial charge in [-0.25, -0.2) is 0 Å². The average Bonchev–Trinajstić information content (AvgIpc) is 2.33. The van der Waals surface area contributed by atoms with E-state index in [4.69, 9.17) is 0 Å². The van der Waals surface area contributed by atoms with Gasteiger partial charge in [0.1, 0.15) is 0 Å². The molecule has 0 aliphatic rings. The van der Waals surface area contributed by atoms with Crippen molar-refractivity contribution in [1.29, 1.82) is 0 Å². The lowest BCUT2D eigenvalue weighted by Gasteiger charge is -1.88. The van der Waals surface area contributed by atoms with Crippen LogP contribution >= 0.6 is 15.9 Å². The maximum Gasteiger partial charge on any atom is 0.0471 e. The Kier molecular flexibility index (Phi) is 1.27. The summed E-state index contributed by atoms with van der Waals surface area (Å²) in [6.07, 6.45) is 1.82. The summed E-state index contributed by atoms with van der Waals surface area (Å²) in [7, 11) is 0. The number of rotatable bonds is 0. The third-order valence-corrected chi connectivity index (χ3v) is 1.93. The van der Waals surface area contributed by atoms with Gasteiger partial charge in [0.05, 0.1) is 0 Å². The molecule has 1 radical (unpaired) electrons. The second-order valence-corrected chi connectivity index (χ2v) is 3.04. The average molecular weight is 195 g/mol. The SMILES string of the molecule is Brc1ccc2[c]c[nH]c2c1. The molecule has 0 saturated carbocycles. The van der Waals surface area contributed by atoms with Gasteiger partial charge in [0.15, 0.2) is 0 Å². The minimum Gasteiger partial charge on any atom is -0.361 e. The van der Waals surface area contributed by atoms with E-state index in [2.05, 4.69) is 27.0 Å². The monoisotopic (exact) mass is 194 g/mol. The maximum atomic E-state index is 3.38. The van der Waals surface area contributed by atoms with E-state index in [1.165, 1.54) is 0 Å². The van der Waals surface area contributed by atoms with Crippen LogP contribution in [0.25, 0.3) is 10.9 Å². The van der Waals surface area contributed by atoms with Crippen molar-refractivity contribution in [2.24, 2.45) is 0 Å². The molecule has 49 valence electrons. The minimum absolute atomic E-state index is 1.09. The first kappa shape index (κ1) is 5.98. The summed E-state index contributed by atoms with van der Waals surface area (Å²) >= 11 is 3.38. The molecule has 1 aromatic heterocycles. The summed E-state index contributed by atoms with van der Waals surface area (Å²) in [6.45, 7) is 0. The number of aromatic nitrogens is 1. The van der Waals surface area contributed by atoms with Crippen molar-refractivity contribution in [3.8, 4) is 0 Å². The number of benzene rings is 1. The molecule has 10 heavy (non-hydrogen) atoms. The van der Waals surface area contributed by atoms with E-state index in [9.17, 15) is 0 Å². The van der Waals surface area contributed by atoms with Crippen molar-refractivity contribution in [3.63, 3.8) is 0 Å². The predicted octanol–water partition coefficient (Wildman–Crippen LogP) is 2.73. The van der Waals surface area contributed by atoms with Crippen LogP contribution in [0.15, 0.2) is 28.9 Å². The summed E-state index contributed by atoms with van der Waals surface area (Å²) in [4.78, 5) is 3.07. The lowest BCUT2D eigenvalue weighted by Crippen LogP contribution is -1.66. The van der Waals surface area contributed by atoms with E-state index in [-0.39, 0.29) is 0 Å². The standard InChI is InChI=1S/C8H5BrN/c9-7-2-1-6-3-4-10-8(6)5-7/h1-2,4-5,10H. The molecule has 1 heterocycles. The first-order valence-electron chi connectivity index (χ1n) is 3.00. The number of halogens is 1. The molecule has 2 aromatic rings. The Balaban J connectivity index is 2.86. The number of hydrogen-bond acceptors (Lipinski definition) is 0. The first-order valence-corrected chi connectivity index (χ1v) is 3.80. The molecular weight excluding hydrogens is 190 g/mol. The van der Waals surface area contributed by atoms with E-state index < -0.39 is 0 Å². The summed E-state index contributed by atoms with van der Waals surface area (Å²) in [6, 6.07) is 9.13. The molecule has 0 unspecified atom stereocenters. The molecule has 0 amide bonds. The molecule has 0 bridgehead atoms. The lowest BCUT2D eigenvalue weighted by molar-refractivity contribution is 1.47. The Morgan fingerprint density at radius 1 is 1.40 bits per heavy atom. The first-order chi connectivity index (χ1) is 4.86. The molecule has 2 heteroatoms. The fourth-order valence-electron chi connectivity index (χ4n) is 0.953. The van der Waals surface area contributed by atoms with Crippen LogP contribution in [0.5, 0.6) is 0 Å². The highest BCUT2D eigenvalue weighted by atomic mass is 79.9. The van der Waals surface area contributed by atoms with Crippen LogP contribution in [0.1, 0.15) is 0 Å². The Hall–Kier alpha value is -0.760. The van der Waals surface area contributed by atoms with Crippen LogP contribution in [0.4, 0.5) is 0 Å². The van der Waals surface area contributed by atoms with Crippen molar-refractivity contribution >= 4 is 26.8 Å². The quantitative estimate of drug-likeness (QED) is 0.665. The third-order valence-electron chi connectivity index (χ3n) is 1.44. The molecule has 0 aliphatic carbocycles. The van der Waals surface area contributed by atoms with Gasteiger partial charge in [0.2, 0.25) is 0 Å². The van der Waals surface area contributed by atoms with E-state index in [0.29, 0.717) is 0 Å². The molecule has 0 spiro atoms. The molecule has 1 nitrogen and oxygen atoms in total. The second kappa shape index (κ2) is 2.13. The largest absolute Gasteiger partial charge is 0.361 e. The topological polar surface area (TPSA) is 15.8 Å². The fraction of sp³-hybridized carbons (Fsp3) is 0. The van der Waals surface area contributed by atoms with Crippen LogP contribution in [-0.4, -0.2) is 4.98 Å². The second-order valence-electron chi connectivity index (χ2n) is 2.12. The van der Waals surface area contributed by atoms with Gasteiger partial charge in [0, 0.05) is 27.6 Å². The van der Waals surface area contributed by atoms with Gasteiger partial charge < -0.3 is 4.98 Å². The number of H-pyrrole nitrogens is 1. The van der Waals surface area contributed by atoms with E-state index in [1.807, 2.05) is 24.4 Å². The van der Waals surface area contributed by atoms with Crippen LogP contribution in [0.2, 0.25) is 0 Å². The van der Waals surface area contributed by atoms with Gasteiger partial charge in [-0.2, -0.15) is 0 Å². The van der Waals surface area contributed by atoms with Crippen LogP contribution < -0.4 is 0 Å². The Morgan fingerprint density at radius 2 is 2.30 bits per heavy atom. The minimum atomic E-state index is 1.09. The summed E-state index contributed by atoms with van der Waals surface area (Å²) in [5.74, 6) is 0. The predicted molar refractivity (Wildman–Crippen MR) is 44.8 cm³/mol. The molecule has 2 rings (SSSR count). The zero-order valence-corrected chi connectivity index (χ0v) is 6.77. The molecule has 0 atom stereocenters. The van der Waals surface area contributed by atoms with Gasteiger partial charge in [-0.15, -0.1) is 0 Å². The number of nitrogens with one attached hydrogen (secondary N) is 1. The van der Waals surface area contributed by atoms with Gasteiger partial charge >= 0.3 is 0 Å². The van der Waals surface area contributed by atoms with Gasteiger partial charge in [-0.1, -0.05) is 22.0 Å². The maximum absolute atomic E-state index is 3.38. The smallest absolute Gasteiger partial charge is 0.0471 e. The highest BCUT2D eigenvalue weighted by Gasteiger charge is 1.92. The number of hydrogen-bond donors (Lipinski definition) is 1. The molecule has 0 aliphatic heterocycles. The summed E-state index contributed by atoms with van der Waals surface area (Å²) in [5.41, 5.74) is 1.12. The van der Waals surface area contributed by atoms with E-state index in [0.717, 1.165) is 15.4 Å². The van der Waals surface area contributed by atoms with Crippen molar-refractivity contribution in [2.45, 2.75) is 0 Å². The molecule has 0 saturated heterocycles. The Bertz CT molecular complexity index is 351. The van der Waals surface area contributed by atoms with E-state index >= 15 is 0 Å². The van der Waals surface area contributed by atoms with Crippen molar-refractivity contribution in [2.75, 3.05) is 0 Å². The zero-order chi connectivity index (χ0) is 6.97. The molecule has 1 N–H and O–H groups in total. The van der Waals surface area contributed by atoms with Gasteiger partial charge in [-0.3, -0.25) is 0 Å². The Labute approximate surface area is 67.2 Å². The zero-order valence-electron chi connectivity index (χ0n) is 5.19. The normalized spacial score (nSPS) is 10.5. The highest BCUT2D eigenvalue weighted by molar-refractivity contribution is 9.10. The molecule has 0 fully saturated rings. The van der Waals surface area contributed by atoms with Gasteiger partial charge in [0.25, 0.3) is 0 Å². The lowest BCUT2D eigenvalue weighted by atomic mass is 10.3. The van der Waals surface area contributed by atoms with Crippen LogP contribution in [0, 0.1) is 6.07 Å². The van der Waals surface area contributed by atoms with E-state index in [1.54, 1.807) is 0 Å². The highest BCUT2D eigenvalue weighted by Crippen LogP contribution is 2.17.